The van der Waals surface area contributed by atoms with Crippen LogP contribution in [0.2, 0.25) is 5.02 Å². The highest BCUT2D eigenvalue weighted by atomic mass is 35.5. The molecule has 5 nitrogen and oxygen atoms in total. The number of aromatic nitrogens is 2. The zero-order chi connectivity index (χ0) is 16.3. The Balaban J connectivity index is 2.24. The average Bonchev–Trinajstić information content (AvgIpc) is 2.78. The number of nitrogens with zero attached hydrogens (tertiary/aromatic N) is 4. The van der Waals surface area contributed by atoms with Gasteiger partial charge in [-0.05, 0) is 45.0 Å². The Kier molecular flexibility index (Phi) is 4.84. The Hall–Kier alpha value is -2.32. The third-order valence-corrected chi connectivity index (χ3v) is 3.70. The Bertz CT molecular complexity index is 745. The van der Waals surface area contributed by atoms with Crippen LogP contribution in [-0.2, 0) is 11.3 Å². The van der Waals surface area contributed by atoms with Gasteiger partial charge in [0.1, 0.15) is 12.6 Å². The number of hydrogen-bond acceptors (Lipinski definition) is 3. The van der Waals surface area contributed by atoms with Crippen molar-refractivity contribution in [3.05, 3.63) is 46.2 Å². The topological polar surface area (TPSA) is 61.9 Å². The monoisotopic (exact) mass is 316 g/mol. The van der Waals surface area contributed by atoms with E-state index in [1.807, 2.05) is 32.9 Å². The van der Waals surface area contributed by atoms with Crippen LogP contribution in [0.25, 0.3) is 0 Å². The van der Waals surface area contributed by atoms with Gasteiger partial charge in [-0.15, -0.1) is 0 Å². The van der Waals surface area contributed by atoms with Crippen molar-refractivity contribution in [2.75, 3.05) is 11.4 Å². The number of carbonyl (C=O) groups is 1. The van der Waals surface area contributed by atoms with Crippen LogP contribution in [0, 0.1) is 25.2 Å². The van der Waals surface area contributed by atoms with Gasteiger partial charge < -0.3 is 4.90 Å². The van der Waals surface area contributed by atoms with Gasteiger partial charge in [0, 0.05) is 17.9 Å². The molecule has 114 valence electrons. The summed E-state index contributed by atoms with van der Waals surface area (Å²) in [4.78, 5) is 14.2. The third-order valence-electron chi connectivity index (χ3n) is 3.39. The van der Waals surface area contributed by atoms with E-state index in [0.717, 1.165) is 11.4 Å². The molecule has 2 rings (SSSR count). The SMILES string of the molecule is CCN(C(=O)Cn1nc(C)cc1C)c1ccc(C#N)c(Cl)c1. The zero-order valence-corrected chi connectivity index (χ0v) is 13.6. The Morgan fingerprint density at radius 3 is 2.64 bits per heavy atom. The molecule has 0 aliphatic heterocycles. The quantitative estimate of drug-likeness (QED) is 0.870. The van der Waals surface area contributed by atoms with E-state index in [1.54, 1.807) is 27.8 Å². The summed E-state index contributed by atoms with van der Waals surface area (Å²) in [5.74, 6) is -0.0746. The predicted octanol–water partition coefficient (Wildman–Crippen LogP) is 3.08. The van der Waals surface area contributed by atoms with Gasteiger partial charge in [-0.25, -0.2) is 0 Å². The van der Waals surface area contributed by atoms with Gasteiger partial charge in [-0.1, -0.05) is 11.6 Å². The lowest BCUT2D eigenvalue weighted by molar-refractivity contribution is -0.119. The Morgan fingerprint density at radius 2 is 2.14 bits per heavy atom. The van der Waals surface area contributed by atoms with Gasteiger partial charge in [-0.2, -0.15) is 10.4 Å². The third kappa shape index (κ3) is 3.29. The van der Waals surface area contributed by atoms with Crippen LogP contribution in [0.15, 0.2) is 24.3 Å². The number of hydrogen-bond donors (Lipinski definition) is 0. The first-order chi connectivity index (χ1) is 10.5. The molecule has 0 saturated carbocycles. The van der Waals surface area contributed by atoms with Crippen LogP contribution in [0.3, 0.4) is 0 Å². The summed E-state index contributed by atoms with van der Waals surface area (Å²) in [5, 5.41) is 13.6. The highest BCUT2D eigenvalue weighted by Crippen LogP contribution is 2.23. The first kappa shape index (κ1) is 16.1. The molecule has 1 amide bonds. The smallest absolute Gasteiger partial charge is 0.248 e. The molecule has 1 aromatic carbocycles. The van der Waals surface area contributed by atoms with Crippen LogP contribution in [0.5, 0.6) is 0 Å². The summed E-state index contributed by atoms with van der Waals surface area (Å²) in [5.41, 5.74) is 2.90. The van der Waals surface area contributed by atoms with E-state index in [0.29, 0.717) is 22.8 Å². The second-order valence-corrected chi connectivity index (χ2v) is 5.41. The molecule has 22 heavy (non-hydrogen) atoms. The average molecular weight is 317 g/mol. The normalized spacial score (nSPS) is 10.3. The molecular formula is C16H17ClN4O. The van der Waals surface area contributed by atoms with Crippen molar-refractivity contribution in [1.82, 2.24) is 9.78 Å². The molecule has 2 aromatic rings. The van der Waals surface area contributed by atoms with E-state index in [2.05, 4.69) is 5.10 Å². The minimum atomic E-state index is -0.0746. The molecule has 0 bridgehead atoms. The number of rotatable bonds is 4. The van der Waals surface area contributed by atoms with E-state index in [4.69, 9.17) is 16.9 Å². The molecule has 0 unspecified atom stereocenters. The predicted molar refractivity (Wildman–Crippen MR) is 85.9 cm³/mol. The zero-order valence-electron chi connectivity index (χ0n) is 12.8. The van der Waals surface area contributed by atoms with Crippen molar-refractivity contribution in [1.29, 1.82) is 5.26 Å². The van der Waals surface area contributed by atoms with Crippen LogP contribution in [0.4, 0.5) is 5.69 Å². The number of amides is 1. The summed E-state index contributed by atoms with van der Waals surface area (Å²) in [7, 11) is 0. The standard InChI is InChI=1S/C16H17ClN4O/c1-4-20(14-6-5-13(9-18)15(17)8-14)16(22)10-21-12(3)7-11(2)19-21/h5-8H,4,10H2,1-3H3. The van der Waals surface area contributed by atoms with Crippen molar-refractivity contribution >= 4 is 23.2 Å². The number of likely N-dealkylation sites (N-methyl/N-ethyl adjacent to an activating group) is 1. The maximum absolute atomic E-state index is 12.5. The van der Waals surface area contributed by atoms with E-state index >= 15 is 0 Å². The van der Waals surface area contributed by atoms with Crippen LogP contribution in [-0.4, -0.2) is 22.2 Å². The lowest BCUT2D eigenvalue weighted by Gasteiger charge is -2.21. The first-order valence-corrected chi connectivity index (χ1v) is 7.35. The maximum Gasteiger partial charge on any atom is 0.248 e. The molecule has 1 aromatic heterocycles. The molecule has 0 radical (unpaired) electrons. The second kappa shape index (κ2) is 6.63. The number of nitriles is 1. The lowest BCUT2D eigenvalue weighted by Crippen LogP contribution is -2.34. The minimum Gasteiger partial charge on any atom is -0.311 e. The highest BCUT2D eigenvalue weighted by Gasteiger charge is 2.17. The van der Waals surface area contributed by atoms with Crippen molar-refractivity contribution in [2.24, 2.45) is 0 Å². The molecule has 0 aliphatic rings. The molecule has 0 atom stereocenters. The molecular weight excluding hydrogens is 300 g/mol. The van der Waals surface area contributed by atoms with Gasteiger partial charge >= 0.3 is 0 Å². The largest absolute Gasteiger partial charge is 0.311 e. The number of benzene rings is 1. The summed E-state index contributed by atoms with van der Waals surface area (Å²) < 4.78 is 1.69. The van der Waals surface area contributed by atoms with Crippen molar-refractivity contribution < 1.29 is 4.79 Å². The molecule has 0 N–H and O–H groups in total. The summed E-state index contributed by atoms with van der Waals surface area (Å²) in [6, 6.07) is 8.93. The van der Waals surface area contributed by atoms with Crippen molar-refractivity contribution in [3.63, 3.8) is 0 Å². The summed E-state index contributed by atoms with van der Waals surface area (Å²) in [6.07, 6.45) is 0. The summed E-state index contributed by atoms with van der Waals surface area (Å²) >= 11 is 6.05. The fraction of sp³-hybridized carbons (Fsp3) is 0.312. The Labute approximate surface area is 134 Å². The van der Waals surface area contributed by atoms with E-state index in [9.17, 15) is 4.79 Å². The fourth-order valence-electron chi connectivity index (χ4n) is 2.31. The van der Waals surface area contributed by atoms with Crippen LogP contribution < -0.4 is 4.90 Å². The molecule has 6 heteroatoms. The molecule has 0 saturated heterocycles. The number of carbonyl (C=O) groups excluding carboxylic acids is 1. The second-order valence-electron chi connectivity index (χ2n) is 5.00. The summed E-state index contributed by atoms with van der Waals surface area (Å²) in [6.45, 7) is 6.39. The van der Waals surface area contributed by atoms with Gasteiger partial charge in [-0.3, -0.25) is 9.48 Å². The van der Waals surface area contributed by atoms with Crippen LogP contribution in [0.1, 0.15) is 23.9 Å². The molecule has 0 aliphatic carbocycles. The van der Waals surface area contributed by atoms with Crippen molar-refractivity contribution in [3.8, 4) is 6.07 Å². The molecule has 0 fully saturated rings. The van der Waals surface area contributed by atoms with Crippen molar-refractivity contribution in [2.45, 2.75) is 27.3 Å². The van der Waals surface area contributed by atoms with Gasteiger partial charge in [0.2, 0.25) is 5.91 Å². The lowest BCUT2D eigenvalue weighted by atomic mass is 10.2. The highest BCUT2D eigenvalue weighted by molar-refractivity contribution is 6.32. The molecule has 1 heterocycles. The van der Waals surface area contributed by atoms with Gasteiger partial charge in [0.25, 0.3) is 0 Å². The Morgan fingerprint density at radius 1 is 1.41 bits per heavy atom. The van der Waals surface area contributed by atoms with Crippen LogP contribution >= 0.6 is 11.6 Å². The number of aryl methyl sites for hydroxylation is 2. The number of anilines is 1. The fourth-order valence-corrected chi connectivity index (χ4v) is 2.53. The maximum atomic E-state index is 12.5. The van der Waals surface area contributed by atoms with E-state index in [1.165, 1.54) is 0 Å². The molecule has 0 spiro atoms. The first-order valence-electron chi connectivity index (χ1n) is 6.97. The van der Waals surface area contributed by atoms with Gasteiger partial charge in [0.15, 0.2) is 0 Å². The number of halogens is 1. The van der Waals surface area contributed by atoms with Gasteiger partial charge in [0.05, 0.1) is 16.3 Å². The van der Waals surface area contributed by atoms with E-state index in [-0.39, 0.29) is 12.5 Å². The minimum absolute atomic E-state index is 0.0746. The van der Waals surface area contributed by atoms with E-state index < -0.39 is 0 Å².